The molecule has 0 saturated heterocycles. The van der Waals surface area contributed by atoms with Crippen molar-refractivity contribution in [3.63, 3.8) is 0 Å². The van der Waals surface area contributed by atoms with Gasteiger partial charge in [-0.25, -0.2) is 0 Å². The Labute approximate surface area is 155 Å². The molecule has 3 aliphatic rings. The maximum atomic E-state index is 4.77. The van der Waals surface area contributed by atoms with Crippen molar-refractivity contribution in [3.05, 3.63) is 84.6 Å². The van der Waals surface area contributed by atoms with Crippen LogP contribution in [0.5, 0.6) is 0 Å². The summed E-state index contributed by atoms with van der Waals surface area (Å²) in [7, 11) is 0. The van der Waals surface area contributed by atoms with E-state index in [1.54, 1.807) is 0 Å². The molecule has 2 N–H and O–H groups in total. The van der Waals surface area contributed by atoms with Crippen LogP contribution >= 0.6 is 0 Å². The molecule has 3 heterocycles. The lowest BCUT2D eigenvalue weighted by atomic mass is 10.1. The van der Waals surface area contributed by atoms with Crippen molar-refractivity contribution in [1.29, 1.82) is 0 Å². The first-order chi connectivity index (χ1) is 12.6. The minimum absolute atomic E-state index is 0.121. The third kappa shape index (κ3) is 4.60. The van der Waals surface area contributed by atoms with Gasteiger partial charge < -0.3 is 10.6 Å². The fourth-order valence-corrected chi connectivity index (χ4v) is 3.16. The number of allylic oxidation sites excluding steroid dienone is 7. The van der Waals surface area contributed by atoms with Crippen LogP contribution in [0.4, 0.5) is 0 Å². The fraction of sp³-hybridized carbons (Fsp3) is 0.273. The summed E-state index contributed by atoms with van der Waals surface area (Å²) in [5.41, 5.74) is 5.94. The Morgan fingerprint density at radius 3 is 2.81 bits per heavy atom. The van der Waals surface area contributed by atoms with Gasteiger partial charge in [0.2, 0.25) is 0 Å². The van der Waals surface area contributed by atoms with Gasteiger partial charge in [-0.1, -0.05) is 24.8 Å². The van der Waals surface area contributed by atoms with E-state index in [9.17, 15) is 0 Å². The molecule has 0 saturated carbocycles. The molecule has 3 aliphatic heterocycles. The van der Waals surface area contributed by atoms with E-state index < -0.39 is 0 Å². The van der Waals surface area contributed by atoms with E-state index in [1.165, 1.54) is 0 Å². The van der Waals surface area contributed by atoms with E-state index in [0.717, 1.165) is 47.1 Å². The lowest BCUT2D eigenvalue weighted by Gasteiger charge is -2.20. The molecule has 2 atom stereocenters. The van der Waals surface area contributed by atoms with Gasteiger partial charge in [0.05, 0.1) is 17.5 Å². The minimum Gasteiger partial charge on any atom is -0.382 e. The summed E-state index contributed by atoms with van der Waals surface area (Å²) in [6, 6.07) is 0.270. The molecule has 26 heavy (non-hydrogen) atoms. The van der Waals surface area contributed by atoms with Crippen molar-refractivity contribution in [2.24, 2.45) is 9.98 Å². The van der Waals surface area contributed by atoms with E-state index >= 15 is 0 Å². The standard InChI is InChI=1S/C22H26N4/c1-5-17-13-18(6-2)24-16(4)12-20-8-10-22(26-20)14-21-9-7-19(25-21)11-15(3)23-17/h5-12,17,21,23-24H,1,4,13-14H2,2-3H3/b15-11?,18-6-,20-12-. The molecular weight excluding hydrogens is 320 g/mol. The lowest BCUT2D eigenvalue weighted by molar-refractivity contribution is 0.644. The number of fused-ring (bicyclic) bond motifs is 2. The highest BCUT2D eigenvalue weighted by molar-refractivity contribution is 6.07. The molecular formula is C22H26N4. The van der Waals surface area contributed by atoms with Gasteiger partial charge in [-0.05, 0) is 44.2 Å². The smallest absolute Gasteiger partial charge is 0.0746 e. The summed E-state index contributed by atoms with van der Waals surface area (Å²) in [5.74, 6) is 0. The molecule has 0 aromatic rings. The normalized spacial score (nSPS) is 29.3. The maximum absolute atomic E-state index is 4.77. The molecule has 134 valence electrons. The van der Waals surface area contributed by atoms with Crippen molar-refractivity contribution >= 4 is 11.4 Å². The molecule has 4 bridgehead atoms. The number of nitrogens with zero attached hydrogens (tertiary/aromatic N) is 2. The van der Waals surface area contributed by atoms with Gasteiger partial charge >= 0.3 is 0 Å². The Balaban J connectivity index is 1.90. The molecule has 2 unspecified atom stereocenters. The largest absolute Gasteiger partial charge is 0.382 e. The molecule has 4 nitrogen and oxygen atoms in total. The van der Waals surface area contributed by atoms with Gasteiger partial charge in [-0.3, -0.25) is 9.98 Å². The zero-order valence-corrected chi connectivity index (χ0v) is 15.5. The maximum Gasteiger partial charge on any atom is 0.0746 e. The van der Waals surface area contributed by atoms with Crippen LogP contribution < -0.4 is 10.6 Å². The van der Waals surface area contributed by atoms with Gasteiger partial charge in [-0.2, -0.15) is 0 Å². The summed E-state index contributed by atoms with van der Waals surface area (Å²) in [4.78, 5) is 9.45. The average molecular weight is 346 g/mol. The molecule has 0 aliphatic carbocycles. The summed E-state index contributed by atoms with van der Waals surface area (Å²) in [5, 5.41) is 6.89. The van der Waals surface area contributed by atoms with E-state index in [0.29, 0.717) is 0 Å². The van der Waals surface area contributed by atoms with Crippen LogP contribution in [0.2, 0.25) is 0 Å². The third-order valence-electron chi connectivity index (χ3n) is 4.43. The van der Waals surface area contributed by atoms with Gasteiger partial charge in [0.1, 0.15) is 0 Å². The average Bonchev–Trinajstić information content (AvgIpc) is 3.22. The molecule has 0 radical (unpaired) electrons. The Hall–Kier alpha value is -2.88. The Kier molecular flexibility index (Phi) is 5.52. The van der Waals surface area contributed by atoms with Gasteiger partial charge in [0.15, 0.2) is 0 Å². The Morgan fingerprint density at radius 1 is 1.19 bits per heavy atom. The van der Waals surface area contributed by atoms with E-state index in [2.05, 4.69) is 66.1 Å². The molecule has 0 fully saturated rings. The second kappa shape index (κ2) is 8.00. The quantitative estimate of drug-likeness (QED) is 0.702. The first-order valence-corrected chi connectivity index (χ1v) is 8.97. The third-order valence-corrected chi connectivity index (χ3v) is 4.43. The molecule has 0 spiro atoms. The first-order valence-electron chi connectivity index (χ1n) is 8.97. The highest BCUT2D eigenvalue weighted by Gasteiger charge is 2.15. The van der Waals surface area contributed by atoms with Crippen molar-refractivity contribution < 1.29 is 0 Å². The van der Waals surface area contributed by atoms with Crippen molar-refractivity contribution in [3.8, 4) is 0 Å². The zero-order chi connectivity index (χ0) is 18.5. The summed E-state index contributed by atoms with van der Waals surface area (Å²) in [6.07, 6.45) is 18.0. The topological polar surface area (TPSA) is 48.8 Å². The Bertz CT molecular complexity index is 815. The number of nitrogens with one attached hydrogen (secondary N) is 2. The van der Waals surface area contributed by atoms with Crippen LogP contribution in [0, 0.1) is 0 Å². The monoisotopic (exact) mass is 346 g/mol. The second-order valence-corrected chi connectivity index (χ2v) is 6.67. The zero-order valence-electron chi connectivity index (χ0n) is 15.5. The summed E-state index contributed by atoms with van der Waals surface area (Å²) in [6.45, 7) is 12.2. The predicted molar refractivity (Wildman–Crippen MR) is 111 cm³/mol. The SMILES string of the molecule is C=CC1C/C(=C/C)NC(=C)/C=C2/C=CC(=N2)CC2C=CC(=N2)C=C(C)N1. The van der Waals surface area contributed by atoms with Crippen molar-refractivity contribution in [2.75, 3.05) is 0 Å². The number of hydrogen-bond donors (Lipinski definition) is 2. The molecule has 0 amide bonds. The molecule has 0 aromatic carbocycles. The van der Waals surface area contributed by atoms with Crippen LogP contribution in [0.25, 0.3) is 0 Å². The summed E-state index contributed by atoms with van der Waals surface area (Å²) >= 11 is 0. The van der Waals surface area contributed by atoms with E-state index in [-0.39, 0.29) is 12.1 Å². The van der Waals surface area contributed by atoms with Crippen LogP contribution in [-0.2, 0) is 0 Å². The highest BCUT2D eigenvalue weighted by Crippen LogP contribution is 2.18. The minimum atomic E-state index is 0.121. The first kappa shape index (κ1) is 17.9. The lowest BCUT2D eigenvalue weighted by Crippen LogP contribution is -2.28. The van der Waals surface area contributed by atoms with Gasteiger partial charge in [0, 0.05) is 41.7 Å². The predicted octanol–water partition coefficient (Wildman–Crippen LogP) is 4.11. The van der Waals surface area contributed by atoms with Crippen molar-refractivity contribution in [2.45, 2.75) is 38.8 Å². The van der Waals surface area contributed by atoms with Crippen LogP contribution in [0.15, 0.2) is 94.5 Å². The highest BCUT2D eigenvalue weighted by atomic mass is 15.0. The van der Waals surface area contributed by atoms with Gasteiger partial charge in [0.25, 0.3) is 0 Å². The number of aliphatic imine (C=N–C) groups is 2. The molecule has 0 aromatic heterocycles. The number of rotatable bonds is 1. The summed E-state index contributed by atoms with van der Waals surface area (Å²) < 4.78 is 0. The van der Waals surface area contributed by atoms with Gasteiger partial charge in [-0.15, -0.1) is 6.58 Å². The molecule has 4 heteroatoms. The van der Waals surface area contributed by atoms with E-state index in [1.807, 2.05) is 25.2 Å². The molecule has 3 rings (SSSR count). The number of hydrogen-bond acceptors (Lipinski definition) is 4. The van der Waals surface area contributed by atoms with Crippen LogP contribution in [0.3, 0.4) is 0 Å². The fourth-order valence-electron chi connectivity index (χ4n) is 3.16. The van der Waals surface area contributed by atoms with Crippen LogP contribution in [-0.4, -0.2) is 23.5 Å². The van der Waals surface area contributed by atoms with Crippen molar-refractivity contribution in [1.82, 2.24) is 10.6 Å². The second-order valence-electron chi connectivity index (χ2n) is 6.67. The van der Waals surface area contributed by atoms with Crippen LogP contribution in [0.1, 0.15) is 26.7 Å². The van der Waals surface area contributed by atoms with E-state index in [4.69, 9.17) is 4.99 Å². The Morgan fingerprint density at radius 2 is 2.04 bits per heavy atom.